The van der Waals surface area contributed by atoms with Crippen molar-refractivity contribution in [3.05, 3.63) is 81.5 Å². The molecule has 180 valence electrons. The largest absolute Gasteiger partial charge is 0.361 e. The van der Waals surface area contributed by atoms with Crippen molar-refractivity contribution in [2.45, 2.75) is 20.3 Å². The summed E-state index contributed by atoms with van der Waals surface area (Å²) in [7, 11) is 0. The molecule has 0 aliphatic carbocycles. The van der Waals surface area contributed by atoms with E-state index < -0.39 is 0 Å². The number of anilines is 2. The summed E-state index contributed by atoms with van der Waals surface area (Å²) in [6.45, 7) is 4.16. The zero-order chi connectivity index (χ0) is 24.9. The van der Waals surface area contributed by atoms with Gasteiger partial charge in [-0.15, -0.1) is 0 Å². The van der Waals surface area contributed by atoms with Crippen LogP contribution in [-0.2, 0) is 6.42 Å². The van der Waals surface area contributed by atoms with Gasteiger partial charge in [0.25, 0.3) is 0 Å². The SMILES string of the molecule is Cc1cc(C)nc(NC(=NCCc2c[nH]c3ccc(F)cc23)NC(=S)Nc2ccc(Cl)cc2Cl)n1. The van der Waals surface area contributed by atoms with Gasteiger partial charge in [-0.1, -0.05) is 23.2 Å². The normalized spacial score (nSPS) is 11.5. The lowest BCUT2D eigenvalue weighted by atomic mass is 10.1. The highest BCUT2D eigenvalue weighted by molar-refractivity contribution is 7.80. The van der Waals surface area contributed by atoms with Gasteiger partial charge in [0.15, 0.2) is 5.11 Å². The number of guanidine groups is 1. The molecule has 4 aromatic rings. The summed E-state index contributed by atoms with van der Waals surface area (Å²) in [6.07, 6.45) is 2.44. The number of hydrogen-bond donors (Lipinski definition) is 4. The maximum Gasteiger partial charge on any atom is 0.229 e. The number of aryl methyl sites for hydroxylation is 2. The van der Waals surface area contributed by atoms with Gasteiger partial charge in [0.05, 0.1) is 10.7 Å². The van der Waals surface area contributed by atoms with Crippen LogP contribution in [0.5, 0.6) is 0 Å². The summed E-state index contributed by atoms with van der Waals surface area (Å²) in [5.41, 5.74) is 4.05. The summed E-state index contributed by atoms with van der Waals surface area (Å²) in [5.74, 6) is 0.453. The second-order valence-corrected chi connectivity index (χ2v) is 9.04. The van der Waals surface area contributed by atoms with Gasteiger partial charge in [-0.2, -0.15) is 0 Å². The van der Waals surface area contributed by atoms with Gasteiger partial charge < -0.3 is 15.6 Å². The smallest absolute Gasteiger partial charge is 0.229 e. The molecule has 2 aromatic heterocycles. The number of H-pyrrole nitrogens is 1. The molecule has 0 fully saturated rings. The first-order chi connectivity index (χ1) is 16.8. The van der Waals surface area contributed by atoms with Gasteiger partial charge in [0, 0.05) is 40.1 Å². The van der Waals surface area contributed by atoms with E-state index >= 15 is 0 Å². The summed E-state index contributed by atoms with van der Waals surface area (Å²) in [4.78, 5) is 16.6. The lowest BCUT2D eigenvalue weighted by Crippen LogP contribution is -2.39. The summed E-state index contributed by atoms with van der Waals surface area (Å²) >= 11 is 17.7. The molecule has 7 nitrogen and oxygen atoms in total. The minimum absolute atomic E-state index is 0.263. The Balaban J connectivity index is 1.52. The van der Waals surface area contributed by atoms with E-state index in [0.29, 0.717) is 40.6 Å². The van der Waals surface area contributed by atoms with Crippen molar-refractivity contribution < 1.29 is 4.39 Å². The number of rotatable bonds is 5. The number of benzene rings is 2. The molecule has 0 spiro atoms. The number of nitrogens with zero attached hydrogens (tertiary/aromatic N) is 3. The zero-order valence-corrected chi connectivity index (χ0v) is 21.2. The van der Waals surface area contributed by atoms with Crippen LogP contribution in [-0.4, -0.2) is 32.6 Å². The molecular weight excluding hydrogens is 508 g/mol. The topological polar surface area (TPSA) is 90.0 Å². The zero-order valence-electron chi connectivity index (χ0n) is 18.9. The highest BCUT2D eigenvalue weighted by Crippen LogP contribution is 2.25. The average molecular weight is 530 g/mol. The Morgan fingerprint density at radius 2 is 1.83 bits per heavy atom. The maximum atomic E-state index is 13.7. The van der Waals surface area contributed by atoms with Gasteiger partial charge in [0.2, 0.25) is 11.9 Å². The van der Waals surface area contributed by atoms with Gasteiger partial charge in [0.1, 0.15) is 5.82 Å². The lowest BCUT2D eigenvalue weighted by Gasteiger charge is -2.15. The number of aromatic nitrogens is 3. The van der Waals surface area contributed by atoms with Gasteiger partial charge in [-0.05, 0) is 80.5 Å². The van der Waals surface area contributed by atoms with Crippen molar-refractivity contribution in [1.29, 1.82) is 0 Å². The van der Waals surface area contributed by atoms with Crippen LogP contribution >= 0.6 is 35.4 Å². The van der Waals surface area contributed by atoms with E-state index in [4.69, 9.17) is 35.4 Å². The van der Waals surface area contributed by atoms with Crippen LogP contribution < -0.4 is 16.0 Å². The quantitative estimate of drug-likeness (QED) is 0.143. The van der Waals surface area contributed by atoms with Gasteiger partial charge >= 0.3 is 0 Å². The third-order valence-electron chi connectivity index (χ3n) is 5.00. The molecule has 0 bridgehead atoms. The van der Waals surface area contributed by atoms with Crippen LogP contribution in [0.4, 0.5) is 16.0 Å². The minimum atomic E-state index is -0.282. The maximum absolute atomic E-state index is 13.7. The molecule has 0 aliphatic heterocycles. The van der Waals surface area contributed by atoms with E-state index in [2.05, 4.69) is 35.9 Å². The lowest BCUT2D eigenvalue weighted by molar-refractivity contribution is 0.629. The van der Waals surface area contributed by atoms with Crippen LogP contribution in [0.15, 0.2) is 53.7 Å². The van der Waals surface area contributed by atoms with Crippen LogP contribution in [0, 0.1) is 19.7 Å². The van der Waals surface area contributed by atoms with E-state index in [1.54, 1.807) is 24.3 Å². The van der Waals surface area contributed by atoms with Crippen molar-refractivity contribution in [2.75, 3.05) is 17.2 Å². The first-order valence-electron chi connectivity index (χ1n) is 10.7. The number of thiocarbonyl (C=S) groups is 1. The van der Waals surface area contributed by atoms with Crippen LogP contribution in [0.25, 0.3) is 10.9 Å². The van der Waals surface area contributed by atoms with Crippen molar-refractivity contribution >= 4 is 69.0 Å². The van der Waals surface area contributed by atoms with Gasteiger partial charge in [-0.25, -0.2) is 14.4 Å². The Morgan fingerprint density at radius 3 is 2.57 bits per heavy atom. The van der Waals surface area contributed by atoms with E-state index in [1.807, 2.05) is 26.1 Å². The average Bonchev–Trinajstić information content (AvgIpc) is 3.17. The molecule has 0 aliphatic rings. The summed E-state index contributed by atoms with van der Waals surface area (Å²) in [6, 6.07) is 11.6. The molecule has 4 rings (SSSR count). The van der Waals surface area contributed by atoms with Crippen molar-refractivity contribution in [3.8, 4) is 0 Å². The third-order valence-corrected chi connectivity index (χ3v) is 5.76. The van der Waals surface area contributed by atoms with Gasteiger partial charge in [-0.3, -0.25) is 10.3 Å². The molecule has 0 unspecified atom stereocenters. The Labute approximate surface area is 217 Å². The van der Waals surface area contributed by atoms with Crippen LogP contribution in [0.2, 0.25) is 10.0 Å². The van der Waals surface area contributed by atoms with E-state index in [-0.39, 0.29) is 10.9 Å². The number of aromatic amines is 1. The van der Waals surface area contributed by atoms with Crippen molar-refractivity contribution in [2.24, 2.45) is 4.99 Å². The fourth-order valence-corrected chi connectivity index (χ4v) is 4.16. The fourth-order valence-electron chi connectivity index (χ4n) is 3.50. The van der Waals surface area contributed by atoms with E-state index in [1.165, 1.54) is 12.1 Å². The molecule has 0 saturated carbocycles. The van der Waals surface area contributed by atoms with Crippen molar-refractivity contribution in [1.82, 2.24) is 20.3 Å². The molecule has 0 saturated heterocycles. The monoisotopic (exact) mass is 529 g/mol. The fraction of sp³-hybridized carbons (Fsp3) is 0.167. The van der Waals surface area contributed by atoms with Crippen LogP contribution in [0.3, 0.4) is 0 Å². The Hall–Kier alpha value is -3.27. The molecule has 11 heteroatoms. The molecule has 0 amide bonds. The summed E-state index contributed by atoms with van der Waals surface area (Å²) in [5, 5.41) is 11.2. The minimum Gasteiger partial charge on any atom is -0.361 e. The predicted octanol–water partition coefficient (Wildman–Crippen LogP) is 6.02. The Bertz CT molecular complexity index is 1400. The molecule has 4 N–H and O–H groups in total. The molecule has 35 heavy (non-hydrogen) atoms. The Kier molecular flexibility index (Phi) is 7.80. The van der Waals surface area contributed by atoms with Crippen LogP contribution in [0.1, 0.15) is 17.0 Å². The molecule has 2 aromatic carbocycles. The summed E-state index contributed by atoms with van der Waals surface area (Å²) < 4.78 is 13.7. The molecular formula is C24H22Cl2FN7S. The highest BCUT2D eigenvalue weighted by atomic mass is 35.5. The predicted molar refractivity (Wildman–Crippen MR) is 145 cm³/mol. The second-order valence-electron chi connectivity index (χ2n) is 7.79. The van der Waals surface area contributed by atoms with E-state index in [9.17, 15) is 4.39 Å². The first-order valence-corrected chi connectivity index (χ1v) is 11.9. The van der Waals surface area contributed by atoms with E-state index in [0.717, 1.165) is 27.9 Å². The first kappa shape index (κ1) is 24.8. The Morgan fingerprint density at radius 1 is 1.06 bits per heavy atom. The molecule has 0 radical (unpaired) electrons. The number of halogens is 3. The number of aliphatic imine (C=N–C) groups is 1. The number of fused-ring (bicyclic) bond motifs is 1. The second kappa shape index (κ2) is 11.0. The molecule has 2 heterocycles. The number of nitrogens with one attached hydrogen (secondary N) is 4. The highest BCUT2D eigenvalue weighted by Gasteiger charge is 2.10. The third kappa shape index (κ3) is 6.66. The van der Waals surface area contributed by atoms with Crippen molar-refractivity contribution in [3.63, 3.8) is 0 Å². The number of hydrogen-bond acceptors (Lipinski definition) is 4. The standard InChI is InChI=1S/C24H22Cl2FN7S/c1-13-9-14(2)31-23(30-13)33-22(34-24(35)32-21-5-3-16(25)10-19(21)26)28-8-7-15-12-29-20-6-4-17(27)11-18(15)20/h3-6,9-12,29H,7-8H2,1-2H3,(H3,28,30,31,32,33,34,35). The molecule has 0 atom stereocenters.